The molecule has 1 unspecified atom stereocenters. The van der Waals surface area contributed by atoms with E-state index in [0.717, 1.165) is 25.8 Å². The standard InChI is InChI=1S/C15H21N3O3/c1-11(19)16-9-13-4-2-3-7-18(13)15(21)8-12-5-6-14(20)10-17-12/h5-6,10,13,20H,2-4,7-9H2,1H3,(H,16,19). The summed E-state index contributed by atoms with van der Waals surface area (Å²) in [4.78, 5) is 29.3. The van der Waals surface area contributed by atoms with E-state index in [0.29, 0.717) is 12.2 Å². The number of rotatable bonds is 4. The van der Waals surface area contributed by atoms with Crippen molar-refractivity contribution in [1.29, 1.82) is 0 Å². The van der Waals surface area contributed by atoms with E-state index in [1.54, 1.807) is 6.07 Å². The summed E-state index contributed by atoms with van der Waals surface area (Å²) in [7, 11) is 0. The van der Waals surface area contributed by atoms with Crippen molar-refractivity contribution in [1.82, 2.24) is 15.2 Å². The largest absolute Gasteiger partial charge is 0.506 e. The van der Waals surface area contributed by atoms with E-state index in [1.165, 1.54) is 19.2 Å². The van der Waals surface area contributed by atoms with Gasteiger partial charge in [0.25, 0.3) is 0 Å². The number of hydrogen-bond acceptors (Lipinski definition) is 4. The second kappa shape index (κ2) is 7.06. The molecule has 6 heteroatoms. The normalized spacial score (nSPS) is 18.3. The Labute approximate surface area is 124 Å². The lowest BCUT2D eigenvalue weighted by Crippen LogP contribution is -2.49. The van der Waals surface area contributed by atoms with Crippen molar-refractivity contribution in [3.05, 3.63) is 24.0 Å². The summed E-state index contributed by atoms with van der Waals surface area (Å²) < 4.78 is 0. The van der Waals surface area contributed by atoms with Crippen molar-refractivity contribution in [2.24, 2.45) is 0 Å². The highest BCUT2D eigenvalue weighted by atomic mass is 16.3. The molecular weight excluding hydrogens is 270 g/mol. The molecule has 1 aliphatic heterocycles. The van der Waals surface area contributed by atoms with Gasteiger partial charge in [0.15, 0.2) is 0 Å². The van der Waals surface area contributed by atoms with Gasteiger partial charge in [0.2, 0.25) is 11.8 Å². The topological polar surface area (TPSA) is 82.5 Å². The quantitative estimate of drug-likeness (QED) is 0.861. The molecule has 0 aliphatic carbocycles. The SMILES string of the molecule is CC(=O)NCC1CCCCN1C(=O)Cc1ccc(O)cn1. The molecule has 0 saturated carbocycles. The molecule has 0 aromatic carbocycles. The highest BCUT2D eigenvalue weighted by Gasteiger charge is 2.26. The summed E-state index contributed by atoms with van der Waals surface area (Å²) in [6.45, 7) is 2.71. The molecule has 1 atom stereocenters. The van der Waals surface area contributed by atoms with Gasteiger partial charge in [-0.15, -0.1) is 0 Å². The fraction of sp³-hybridized carbons (Fsp3) is 0.533. The Morgan fingerprint density at radius 2 is 2.24 bits per heavy atom. The molecule has 1 aromatic heterocycles. The first-order chi connectivity index (χ1) is 10.1. The third kappa shape index (κ3) is 4.44. The van der Waals surface area contributed by atoms with Crippen LogP contribution in [-0.4, -0.2) is 45.9 Å². The van der Waals surface area contributed by atoms with Crippen molar-refractivity contribution in [2.75, 3.05) is 13.1 Å². The fourth-order valence-corrected chi connectivity index (χ4v) is 2.58. The number of nitrogens with one attached hydrogen (secondary N) is 1. The van der Waals surface area contributed by atoms with Gasteiger partial charge < -0.3 is 15.3 Å². The Morgan fingerprint density at radius 3 is 2.90 bits per heavy atom. The molecule has 2 N–H and O–H groups in total. The van der Waals surface area contributed by atoms with Gasteiger partial charge in [0, 0.05) is 31.7 Å². The fourth-order valence-electron chi connectivity index (χ4n) is 2.58. The molecule has 0 spiro atoms. The van der Waals surface area contributed by atoms with E-state index in [1.807, 2.05) is 4.90 Å². The molecule has 2 rings (SSSR count). The molecule has 1 saturated heterocycles. The van der Waals surface area contributed by atoms with Gasteiger partial charge in [0.1, 0.15) is 5.75 Å². The highest BCUT2D eigenvalue weighted by molar-refractivity contribution is 5.79. The molecule has 1 fully saturated rings. The Hall–Kier alpha value is -2.11. The number of aromatic hydroxyl groups is 1. The van der Waals surface area contributed by atoms with E-state index in [2.05, 4.69) is 10.3 Å². The molecular formula is C15H21N3O3. The highest BCUT2D eigenvalue weighted by Crippen LogP contribution is 2.18. The predicted molar refractivity (Wildman–Crippen MR) is 77.6 cm³/mol. The minimum Gasteiger partial charge on any atom is -0.506 e. The van der Waals surface area contributed by atoms with Crippen molar-refractivity contribution < 1.29 is 14.7 Å². The average molecular weight is 291 g/mol. The van der Waals surface area contributed by atoms with Gasteiger partial charge in [-0.2, -0.15) is 0 Å². The number of carbonyl (C=O) groups excluding carboxylic acids is 2. The zero-order chi connectivity index (χ0) is 15.2. The molecule has 2 amide bonds. The van der Waals surface area contributed by atoms with Gasteiger partial charge in [-0.05, 0) is 31.4 Å². The molecule has 6 nitrogen and oxygen atoms in total. The zero-order valence-electron chi connectivity index (χ0n) is 12.2. The van der Waals surface area contributed by atoms with Crippen LogP contribution < -0.4 is 5.32 Å². The summed E-state index contributed by atoms with van der Waals surface area (Å²) in [6.07, 6.45) is 4.54. The van der Waals surface area contributed by atoms with Crippen LogP contribution in [-0.2, 0) is 16.0 Å². The number of aromatic nitrogens is 1. The zero-order valence-corrected chi connectivity index (χ0v) is 12.2. The number of nitrogens with zero attached hydrogens (tertiary/aromatic N) is 2. The maximum absolute atomic E-state index is 12.4. The van der Waals surface area contributed by atoms with E-state index < -0.39 is 0 Å². The number of hydrogen-bond donors (Lipinski definition) is 2. The summed E-state index contributed by atoms with van der Waals surface area (Å²) in [5.41, 5.74) is 0.640. The number of piperidine rings is 1. The van der Waals surface area contributed by atoms with Crippen molar-refractivity contribution in [3.8, 4) is 5.75 Å². The lowest BCUT2D eigenvalue weighted by molar-refractivity contribution is -0.134. The van der Waals surface area contributed by atoms with Crippen LogP contribution in [0, 0.1) is 0 Å². The minimum atomic E-state index is -0.0758. The van der Waals surface area contributed by atoms with Gasteiger partial charge in [0.05, 0.1) is 12.6 Å². The third-order valence-electron chi connectivity index (χ3n) is 3.68. The first-order valence-electron chi connectivity index (χ1n) is 7.24. The maximum Gasteiger partial charge on any atom is 0.228 e. The Balaban J connectivity index is 1.97. The van der Waals surface area contributed by atoms with E-state index in [4.69, 9.17) is 0 Å². The number of amides is 2. The summed E-state index contributed by atoms with van der Waals surface area (Å²) in [5, 5.41) is 12.0. The van der Waals surface area contributed by atoms with Gasteiger partial charge in [-0.3, -0.25) is 14.6 Å². The van der Waals surface area contributed by atoms with Crippen LogP contribution in [0.5, 0.6) is 5.75 Å². The van der Waals surface area contributed by atoms with Gasteiger partial charge in [-0.25, -0.2) is 0 Å². The number of carbonyl (C=O) groups is 2. The number of likely N-dealkylation sites (tertiary alicyclic amines) is 1. The van der Waals surface area contributed by atoms with Crippen LogP contribution >= 0.6 is 0 Å². The van der Waals surface area contributed by atoms with Crippen molar-refractivity contribution >= 4 is 11.8 Å². The predicted octanol–water partition coefficient (Wildman–Crippen LogP) is 0.847. The first-order valence-corrected chi connectivity index (χ1v) is 7.24. The number of pyridine rings is 1. The van der Waals surface area contributed by atoms with Crippen LogP contribution in [0.2, 0.25) is 0 Å². The summed E-state index contributed by atoms with van der Waals surface area (Å²) in [5.74, 6) is 0.0316. The second-order valence-electron chi connectivity index (χ2n) is 5.36. The Bertz CT molecular complexity index is 501. The summed E-state index contributed by atoms with van der Waals surface area (Å²) >= 11 is 0. The van der Waals surface area contributed by atoms with Crippen LogP contribution in [0.4, 0.5) is 0 Å². The smallest absolute Gasteiger partial charge is 0.228 e. The first kappa shape index (κ1) is 15.3. The van der Waals surface area contributed by atoms with E-state index >= 15 is 0 Å². The monoisotopic (exact) mass is 291 g/mol. The van der Waals surface area contributed by atoms with Crippen LogP contribution in [0.25, 0.3) is 0 Å². The maximum atomic E-state index is 12.4. The Morgan fingerprint density at radius 1 is 1.43 bits per heavy atom. The van der Waals surface area contributed by atoms with Crippen molar-refractivity contribution in [3.63, 3.8) is 0 Å². The van der Waals surface area contributed by atoms with Gasteiger partial charge >= 0.3 is 0 Å². The second-order valence-corrected chi connectivity index (χ2v) is 5.36. The van der Waals surface area contributed by atoms with Crippen LogP contribution in [0.3, 0.4) is 0 Å². The molecule has 0 bridgehead atoms. The third-order valence-corrected chi connectivity index (χ3v) is 3.68. The average Bonchev–Trinajstić information content (AvgIpc) is 2.47. The molecule has 2 heterocycles. The Kier molecular flexibility index (Phi) is 5.14. The minimum absolute atomic E-state index is 0.0169. The van der Waals surface area contributed by atoms with Gasteiger partial charge in [-0.1, -0.05) is 0 Å². The lowest BCUT2D eigenvalue weighted by Gasteiger charge is -2.35. The molecule has 1 aromatic rings. The van der Waals surface area contributed by atoms with Crippen LogP contribution in [0.1, 0.15) is 31.9 Å². The van der Waals surface area contributed by atoms with E-state index in [9.17, 15) is 14.7 Å². The molecule has 21 heavy (non-hydrogen) atoms. The molecule has 114 valence electrons. The molecule has 1 aliphatic rings. The summed E-state index contributed by atoms with van der Waals surface area (Å²) in [6, 6.07) is 3.24. The van der Waals surface area contributed by atoms with Crippen molar-refractivity contribution in [2.45, 2.75) is 38.6 Å². The molecule has 0 radical (unpaired) electrons. The van der Waals surface area contributed by atoms with Crippen LogP contribution in [0.15, 0.2) is 18.3 Å². The van der Waals surface area contributed by atoms with E-state index in [-0.39, 0.29) is 30.0 Å². The lowest BCUT2D eigenvalue weighted by atomic mass is 10.0.